The Hall–Kier alpha value is -2.04. The Morgan fingerprint density at radius 2 is 1.00 bits per heavy atom. The molecule has 0 spiro atoms. The fourth-order valence-corrected chi connectivity index (χ4v) is 2.14. The van der Waals surface area contributed by atoms with Crippen LogP contribution in [0.15, 0.2) is 48.5 Å². The average molecular weight is 316 g/mol. The Morgan fingerprint density at radius 3 is 1.35 bits per heavy atom. The van der Waals surface area contributed by atoms with Crippen molar-refractivity contribution in [2.75, 3.05) is 27.4 Å². The summed E-state index contributed by atoms with van der Waals surface area (Å²) in [6.45, 7) is 2.51. The summed E-state index contributed by atoms with van der Waals surface area (Å²) >= 11 is 0. The van der Waals surface area contributed by atoms with Gasteiger partial charge >= 0.3 is 0 Å². The van der Waals surface area contributed by atoms with Crippen LogP contribution in [-0.2, 0) is 22.7 Å². The van der Waals surface area contributed by atoms with Gasteiger partial charge in [0.15, 0.2) is 0 Å². The molecule has 2 aromatic rings. The molecule has 0 atom stereocenters. The van der Waals surface area contributed by atoms with Gasteiger partial charge in [-0.25, -0.2) is 0 Å². The molecular formula is C19H24O4. The Balaban J connectivity index is 1.63. The fraction of sp³-hybridized carbons (Fsp3) is 0.368. The second kappa shape index (κ2) is 9.87. The monoisotopic (exact) mass is 316 g/mol. The molecule has 4 heteroatoms. The summed E-state index contributed by atoms with van der Waals surface area (Å²) in [6.07, 6.45) is 0.833. The zero-order chi connectivity index (χ0) is 16.3. The van der Waals surface area contributed by atoms with Crippen LogP contribution in [0.1, 0.15) is 17.5 Å². The largest absolute Gasteiger partial charge is 0.493 e. The maximum absolute atomic E-state index is 5.69. The zero-order valence-corrected chi connectivity index (χ0v) is 13.8. The summed E-state index contributed by atoms with van der Waals surface area (Å²) < 4.78 is 21.5. The standard InChI is InChI=1S/C19H24O4/c1-20-14-16-4-8-18(9-5-16)22-12-3-13-23-19-10-6-17(7-11-19)15-21-2/h4-11H,3,12-15H2,1-2H3. The van der Waals surface area contributed by atoms with Gasteiger partial charge in [0.2, 0.25) is 0 Å². The molecule has 0 bridgehead atoms. The summed E-state index contributed by atoms with van der Waals surface area (Å²) in [6, 6.07) is 15.9. The minimum atomic E-state index is 0.622. The van der Waals surface area contributed by atoms with E-state index in [1.54, 1.807) is 14.2 Å². The first-order valence-electron chi connectivity index (χ1n) is 7.73. The molecule has 0 aliphatic rings. The highest BCUT2D eigenvalue weighted by atomic mass is 16.5. The van der Waals surface area contributed by atoms with Gasteiger partial charge in [-0.2, -0.15) is 0 Å². The fourth-order valence-electron chi connectivity index (χ4n) is 2.14. The van der Waals surface area contributed by atoms with Crippen molar-refractivity contribution >= 4 is 0 Å². The first-order valence-corrected chi connectivity index (χ1v) is 7.73. The van der Waals surface area contributed by atoms with E-state index in [1.807, 2.05) is 48.5 Å². The molecule has 2 aromatic carbocycles. The lowest BCUT2D eigenvalue weighted by molar-refractivity contribution is 0.184. The number of hydrogen-bond donors (Lipinski definition) is 0. The summed E-state index contributed by atoms with van der Waals surface area (Å²) in [5.41, 5.74) is 2.28. The van der Waals surface area contributed by atoms with E-state index < -0.39 is 0 Å². The van der Waals surface area contributed by atoms with Crippen LogP contribution in [-0.4, -0.2) is 27.4 Å². The molecule has 0 unspecified atom stereocenters. The molecule has 0 aliphatic heterocycles. The minimum Gasteiger partial charge on any atom is -0.493 e. The molecule has 0 aliphatic carbocycles. The number of benzene rings is 2. The van der Waals surface area contributed by atoms with Crippen LogP contribution in [0.4, 0.5) is 0 Å². The van der Waals surface area contributed by atoms with E-state index in [1.165, 1.54) is 0 Å². The van der Waals surface area contributed by atoms with Crippen molar-refractivity contribution in [2.24, 2.45) is 0 Å². The maximum atomic E-state index is 5.69. The molecule has 124 valence electrons. The molecule has 0 saturated carbocycles. The zero-order valence-electron chi connectivity index (χ0n) is 13.8. The number of rotatable bonds is 10. The van der Waals surface area contributed by atoms with Crippen molar-refractivity contribution < 1.29 is 18.9 Å². The van der Waals surface area contributed by atoms with Crippen molar-refractivity contribution in [3.63, 3.8) is 0 Å². The highest BCUT2D eigenvalue weighted by molar-refractivity contribution is 5.27. The van der Waals surface area contributed by atoms with Gasteiger partial charge in [-0.3, -0.25) is 0 Å². The van der Waals surface area contributed by atoms with E-state index in [4.69, 9.17) is 18.9 Å². The van der Waals surface area contributed by atoms with Crippen LogP contribution in [0.25, 0.3) is 0 Å². The van der Waals surface area contributed by atoms with Crippen LogP contribution in [0.2, 0.25) is 0 Å². The highest BCUT2D eigenvalue weighted by Gasteiger charge is 1.98. The van der Waals surface area contributed by atoms with Gasteiger partial charge in [-0.1, -0.05) is 24.3 Å². The SMILES string of the molecule is COCc1ccc(OCCCOc2ccc(COC)cc2)cc1. The molecule has 2 rings (SSSR count). The Bertz CT molecular complexity index is 497. The van der Waals surface area contributed by atoms with Crippen molar-refractivity contribution in [3.05, 3.63) is 59.7 Å². The molecule has 0 aromatic heterocycles. The maximum Gasteiger partial charge on any atom is 0.119 e. The third-order valence-electron chi connectivity index (χ3n) is 3.29. The quantitative estimate of drug-likeness (QED) is 0.624. The van der Waals surface area contributed by atoms with Crippen LogP contribution in [0.3, 0.4) is 0 Å². The van der Waals surface area contributed by atoms with E-state index in [0.29, 0.717) is 26.4 Å². The molecule has 0 radical (unpaired) electrons. The van der Waals surface area contributed by atoms with E-state index in [2.05, 4.69) is 0 Å². The van der Waals surface area contributed by atoms with Gasteiger partial charge in [0.25, 0.3) is 0 Å². The predicted octanol–water partition coefficient (Wildman–Crippen LogP) is 3.83. The second-order valence-corrected chi connectivity index (χ2v) is 5.20. The average Bonchev–Trinajstić information content (AvgIpc) is 2.58. The smallest absolute Gasteiger partial charge is 0.119 e. The molecule has 4 nitrogen and oxygen atoms in total. The predicted molar refractivity (Wildman–Crippen MR) is 89.9 cm³/mol. The third kappa shape index (κ3) is 6.30. The summed E-state index contributed by atoms with van der Waals surface area (Å²) in [7, 11) is 3.38. The topological polar surface area (TPSA) is 36.9 Å². The van der Waals surface area contributed by atoms with Gasteiger partial charge < -0.3 is 18.9 Å². The van der Waals surface area contributed by atoms with Gasteiger partial charge in [0.05, 0.1) is 26.4 Å². The summed E-state index contributed by atoms with van der Waals surface area (Å²) in [5, 5.41) is 0. The van der Waals surface area contributed by atoms with E-state index in [9.17, 15) is 0 Å². The lowest BCUT2D eigenvalue weighted by Gasteiger charge is -2.09. The van der Waals surface area contributed by atoms with Gasteiger partial charge in [-0.15, -0.1) is 0 Å². The molecule has 0 fully saturated rings. The molecule has 0 heterocycles. The van der Waals surface area contributed by atoms with Crippen LogP contribution < -0.4 is 9.47 Å². The molecule has 23 heavy (non-hydrogen) atoms. The lowest BCUT2D eigenvalue weighted by atomic mass is 10.2. The third-order valence-corrected chi connectivity index (χ3v) is 3.29. The summed E-state index contributed by atoms with van der Waals surface area (Å²) in [5.74, 6) is 1.74. The van der Waals surface area contributed by atoms with E-state index in [0.717, 1.165) is 29.0 Å². The Kier molecular flexibility index (Phi) is 7.43. The first kappa shape index (κ1) is 17.3. The highest BCUT2D eigenvalue weighted by Crippen LogP contribution is 2.14. The second-order valence-electron chi connectivity index (χ2n) is 5.20. The van der Waals surface area contributed by atoms with Crippen LogP contribution in [0, 0.1) is 0 Å². The van der Waals surface area contributed by atoms with Gasteiger partial charge in [0, 0.05) is 20.6 Å². The van der Waals surface area contributed by atoms with E-state index in [-0.39, 0.29) is 0 Å². The Morgan fingerprint density at radius 1 is 0.609 bits per heavy atom. The lowest BCUT2D eigenvalue weighted by Crippen LogP contribution is -2.05. The van der Waals surface area contributed by atoms with Gasteiger partial charge in [0.1, 0.15) is 11.5 Å². The molecule has 0 saturated heterocycles. The number of hydrogen-bond acceptors (Lipinski definition) is 4. The van der Waals surface area contributed by atoms with Crippen molar-refractivity contribution in [1.82, 2.24) is 0 Å². The molecule has 0 N–H and O–H groups in total. The van der Waals surface area contributed by atoms with Crippen molar-refractivity contribution in [2.45, 2.75) is 19.6 Å². The van der Waals surface area contributed by atoms with E-state index >= 15 is 0 Å². The van der Waals surface area contributed by atoms with Crippen molar-refractivity contribution in [3.8, 4) is 11.5 Å². The molecular weight excluding hydrogens is 292 g/mol. The molecule has 0 amide bonds. The minimum absolute atomic E-state index is 0.622. The first-order chi connectivity index (χ1) is 11.3. The van der Waals surface area contributed by atoms with Crippen LogP contribution in [0.5, 0.6) is 11.5 Å². The summed E-state index contributed by atoms with van der Waals surface area (Å²) in [4.78, 5) is 0. The number of methoxy groups -OCH3 is 2. The van der Waals surface area contributed by atoms with Gasteiger partial charge in [-0.05, 0) is 35.4 Å². The number of ether oxygens (including phenoxy) is 4. The normalized spacial score (nSPS) is 10.5. The Labute approximate surface area is 137 Å². The van der Waals surface area contributed by atoms with Crippen molar-refractivity contribution in [1.29, 1.82) is 0 Å². The van der Waals surface area contributed by atoms with Crippen LogP contribution >= 0.6 is 0 Å².